The Morgan fingerprint density at radius 2 is 2.40 bits per heavy atom. The highest BCUT2D eigenvalue weighted by atomic mass is 32.1. The number of benzene rings is 1. The van der Waals surface area contributed by atoms with E-state index in [0.29, 0.717) is 20.5 Å². The molecule has 2 rings (SSSR count). The van der Waals surface area contributed by atoms with E-state index in [0.717, 1.165) is 0 Å². The largest absolute Gasteiger partial charge is 0.394 e. The van der Waals surface area contributed by atoms with E-state index in [1.54, 1.807) is 13.0 Å². The molecule has 0 aliphatic rings. The molecule has 0 fully saturated rings. The number of aromatic nitrogens is 1. The van der Waals surface area contributed by atoms with Gasteiger partial charge in [-0.05, 0) is 25.2 Å². The maximum absolute atomic E-state index is 10.7. The molecule has 7 nitrogen and oxygen atoms in total. The van der Waals surface area contributed by atoms with Crippen LogP contribution >= 0.6 is 23.6 Å². The fraction of sp³-hybridized carbons (Fsp3) is 0.273. The lowest BCUT2D eigenvalue weighted by Gasteiger charge is -2.12. The van der Waals surface area contributed by atoms with Crippen molar-refractivity contribution < 1.29 is 10.0 Å². The SMILES string of the molecule is C[C@@H](CO)NC(=S)Nc1nc2ccc([N+](=O)[O-])cc2s1. The number of anilines is 1. The van der Waals surface area contributed by atoms with Gasteiger partial charge in [0.05, 0.1) is 21.7 Å². The second-order valence-electron chi connectivity index (χ2n) is 4.11. The van der Waals surface area contributed by atoms with Crippen molar-refractivity contribution in [2.75, 3.05) is 11.9 Å². The molecule has 0 aliphatic heterocycles. The topological polar surface area (TPSA) is 100 Å². The summed E-state index contributed by atoms with van der Waals surface area (Å²) in [6, 6.07) is 4.33. The van der Waals surface area contributed by atoms with Gasteiger partial charge in [0.1, 0.15) is 0 Å². The summed E-state index contributed by atoms with van der Waals surface area (Å²) in [5, 5.41) is 26.3. The second kappa shape index (κ2) is 6.07. The van der Waals surface area contributed by atoms with E-state index in [-0.39, 0.29) is 18.3 Å². The average Bonchev–Trinajstić information content (AvgIpc) is 2.78. The molecule has 3 N–H and O–H groups in total. The minimum Gasteiger partial charge on any atom is -0.394 e. The zero-order valence-corrected chi connectivity index (χ0v) is 12.1. The molecule has 0 bridgehead atoms. The third-order valence-corrected chi connectivity index (χ3v) is 3.61. The molecule has 2 aromatic rings. The molecule has 0 unspecified atom stereocenters. The van der Waals surface area contributed by atoms with Crippen LogP contribution in [0.3, 0.4) is 0 Å². The monoisotopic (exact) mass is 312 g/mol. The van der Waals surface area contributed by atoms with Gasteiger partial charge in [-0.2, -0.15) is 0 Å². The van der Waals surface area contributed by atoms with Gasteiger partial charge in [0.15, 0.2) is 10.2 Å². The maximum Gasteiger partial charge on any atom is 0.270 e. The quantitative estimate of drug-likeness (QED) is 0.450. The van der Waals surface area contributed by atoms with Crippen molar-refractivity contribution in [1.82, 2.24) is 10.3 Å². The maximum atomic E-state index is 10.7. The van der Waals surface area contributed by atoms with Crippen LogP contribution in [0.4, 0.5) is 10.8 Å². The number of rotatable bonds is 4. The Morgan fingerprint density at radius 3 is 3.05 bits per heavy atom. The zero-order chi connectivity index (χ0) is 14.7. The fourth-order valence-corrected chi connectivity index (χ4v) is 2.75. The van der Waals surface area contributed by atoms with Crippen LogP contribution in [0.25, 0.3) is 10.2 Å². The van der Waals surface area contributed by atoms with Crippen molar-refractivity contribution in [1.29, 1.82) is 0 Å². The Morgan fingerprint density at radius 1 is 1.65 bits per heavy atom. The molecule has 1 aromatic heterocycles. The van der Waals surface area contributed by atoms with Gasteiger partial charge in [-0.3, -0.25) is 10.1 Å². The number of thiazole rings is 1. The third kappa shape index (κ3) is 3.38. The van der Waals surface area contributed by atoms with Gasteiger partial charge in [0.2, 0.25) is 0 Å². The van der Waals surface area contributed by atoms with Gasteiger partial charge in [0, 0.05) is 18.2 Å². The van der Waals surface area contributed by atoms with Gasteiger partial charge in [-0.25, -0.2) is 4.98 Å². The van der Waals surface area contributed by atoms with Gasteiger partial charge < -0.3 is 15.7 Å². The number of nitro benzene ring substituents is 1. The summed E-state index contributed by atoms with van der Waals surface area (Å²) in [4.78, 5) is 14.5. The lowest BCUT2D eigenvalue weighted by Crippen LogP contribution is -2.37. The first-order valence-electron chi connectivity index (χ1n) is 5.73. The van der Waals surface area contributed by atoms with Crippen LogP contribution < -0.4 is 10.6 Å². The highest BCUT2D eigenvalue weighted by Gasteiger charge is 2.11. The number of nitrogens with zero attached hydrogens (tertiary/aromatic N) is 2. The standard InChI is InChI=1S/C11H12N4O3S2/c1-6(5-16)12-10(19)14-11-13-8-3-2-7(15(17)18)4-9(8)20-11/h2-4,6,16H,5H2,1H3,(H2,12,13,14,19)/t6-/m0/s1. The van der Waals surface area contributed by atoms with Crippen molar-refractivity contribution in [2.45, 2.75) is 13.0 Å². The van der Waals surface area contributed by atoms with E-state index in [1.165, 1.54) is 23.5 Å². The number of hydrogen-bond acceptors (Lipinski definition) is 6. The molecule has 0 aliphatic carbocycles. The van der Waals surface area contributed by atoms with Crippen LogP contribution in [0.15, 0.2) is 18.2 Å². The summed E-state index contributed by atoms with van der Waals surface area (Å²) >= 11 is 6.35. The number of thiocarbonyl (C=S) groups is 1. The normalized spacial score (nSPS) is 12.1. The number of non-ortho nitro benzene ring substituents is 1. The molecule has 0 saturated heterocycles. The van der Waals surface area contributed by atoms with Crippen LogP contribution in [-0.4, -0.2) is 32.8 Å². The van der Waals surface area contributed by atoms with Crippen molar-refractivity contribution in [3.8, 4) is 0 Å². The molecule has 9 heteroatoms. The molecule has 0 radical (unpaired) electrons. The molecular formula is C11H12N4O3S2. The first-order valence-corrected chi connectivity index (χ1v) is 6.95. The van der Waals surface area contributed by atoms with Crippen molar-refractivity contribution in [3.63, 3.8) is 0 Å². The zero-order valence-electron chi connectivity index (χ0n) is 10.5. The van der Waals surface area contributed by atoms with Gasteiger partial charge in [-0.1, -0.05) is 11.3 Å². The predicted molar refractivity (Wildman–Crippen MR) is 82.2 cm³/mol. The number of nitro groups is 1. The fourth-order valence-electron chi connectivity index (χ4n) is 1.48. The Hall–Kier alpha value is -1.84. The highest BCUT2D eigenvalue weighted by Crippen LogP contribution is 2.28. The summed E-state index contributed by atoms with van der Waals surface area (Å²) in [5.74, 6) is 0. The molecule has 0 saturated carbocycles. The summed E-state index contributed by atoms with van der Waals surface area (Å²) in [7, 11) is 0. The number of fused-ring (bicyclic) bond motifs is 1. The predicted octanol–water partition coefficient (Wildman–Crippen LogP) is 1.87. The number of aliphatic hydroxyl groups is 1. The van der Waals surface area contributed by atoms with Crippen LogP contribution in [0.1, 0.15) is 6.92 Å². The first-order chi connectivity index (χ1) is 9.49. The van der Waals surface area contributed by atoms with Crippen LogP contribution in [0.2, 0.25) is 0 Å². The summed E-state index contributed by atoms with van der Waals surface area (Å²) < 4.78 is 0.708. The second-order valence-corrected chi connectivity index (χ2v) is 5.55. The first kappa shape index (κ1) is 14.6. The number of aliphatic hydroxyl groups excluding tert-OH is 1. The van der Waals surface area contributed by atoms with Crippen molar-refractivity contribution >= 4 is 49.7 Å². The van der Waals surface area contributed by atoms with E-state index in [2.05, 4.69) is 15.6 Å². The molecule has 0 amide bonds. The van der Waals surface area contributed by atoms with Gasteiger partial charge >= 0.3 is 0 Å². The van der Waals surface area contributed by atoms with E-state index < -0.39 is 4.92 Å². The average molecular weight is 312 g/mol. The van der Waals surface area contributed by atoms with E-state index >= 15 is 0 Å². The molecular weight excluding hydrogens is 300 g/mol. The Bertz CT molecular complexity index is 658. The molecule has 1 atom stereocenters. The van der Waals surface area contributed by atoms with Crippen molar-refractivity contribution in [2.24, 2.45) is 0 Å². The molecule has 1 heterocycles. The van der Waals surface area contributed by atoms with E-state index in [1.807, 2.05) is 0 Å². The van der Waals surface area contributed by atoms with E-state index in [9.17, 15) is 10.1 Å². The van der Waals surface area contributed by atoms with E-state index in [4.69, 9.17) is 17.3 Å². The molecule has 106 valence electrons. The van der Waals surface area contributed by atoms with Crippen LogP contribution in [0.5, 0.6) is 0 Å². The number of nitrogens with one attached hydrogen (secondary N) is 2. The van der Waals surface area contributed by atoms with Crippen LogP contribution in [-0.2, 0) is 0 Å². The third-order valence-electron chi connectivity index (χ3n) is 2.45. The summed E-state index contributed by atoms with van der Waals surface area (Å²) in [6.07, 6.45) is 0. The number of hydrogen-bond donors (Lipinski definition) is 3. The summed E-state index contributed by atoms with van der Waals surface area (Å²) in [5.41, 5.74) is 0.698. The molecule has 0 spiro atoms. The Labute approximate surface area is 123 Å². The van der Waals surface area contributed by atoms with Gasteiger partial charge in [-0.15, -0.1) is 0 Å². The lowest BCUT2D eigenvalue weighted by molar-refractivity contribution is -0.384. The minimum absolute atomic E-state index is 0.0299. The minimum atomic E-state index is -0.443. The smallest absolute Gasteiger partial charge is 0.270 e. The molecule has 1 aromatic carbocycles. The van der Waals surface area contributed by atoms with Crippen LogP contribution in [0, 0.1) is 10.1 Å². The van der Waals surface area contributed by atoms with Crippen molar-refractivity contribution in [3.05, 3.63) is 28.3 Å². The Kier molecular flexibility index (Phi) is 4.42. The highest BCUT2D eigenvalue weighted by molar-refractivity contribution is 7.80. The molecule has 20 heavy (non-hydrogen) atoms. The van der Waals surface area contributed by atoms with Gasteiger partial charge in [0.25, 0.3) is 5.69 Å². The lowest BCUT2D eigenvalue weighted by atomic mass is 10.3. The summed E-state index contributed by atoms with van der Waals surface area (Å²) in [6.45, 7) is 1.75. The Balaban J connectivity index is 2.15.